The van der Waals surface area contributed by atoms with Gasteiger partial charge in [-0.25, -0.2) is 4.39 Å². The van der Waals surface area contributed by atoms with Gasteiger partial charge in [-0.1, -0.05) is 60.7 Å². The van der Waals surface area contributed by atoms with Crippen molar-refractivity contribution in [1.29, 1.82) is 0 Å². The number of H-pyrrole nitrogens is 1. The largest absolute Gasteiger partial charge is 0.357 e. The molecular formula is C26H25FN2. The molecule has 0 aliphatic carbocycles. The molecule has 29 heavy (non-hydrogen) atoms. The molecule has 1 unspecified atom stereocenters. The second-order valence-electron chi connectivity index (χ2n) is 7.95. The number of rotatable bonds is 5. The van der Waals surface area contributed by atoms with Crippen LogP contribution >= 0.6 is 0 Å². The summed E-state index contributed by atoms with van der Waals surface area (Å²) in [5.74, 6) is -0.171. The Labute approximate surface area is 171 Å². The molecule has 0 fully saturated rings. The predicted octanol–water partition coefficient (Wildman–Crippen LogP) is 6.04. The van der Waals surface area contributed by atoms with E-state index in [2.05, 4.69) is 64.5 Å². The van der Waals surface area contributed by atoms with E-state index in [4.69, 9.17) is 0 Å². The first kappa shape index (κ1) is 18.1. The number of fused-ring (bicyclic) bond motifs is 3. The van der Waals surface area contributed by atoms with E-state index < -0.39 is 0 Å². The van der Waals surface area contributed by atoms with Crippen molar-refractivity contribution in [2.45, 2.75) is 31.8 Å². The Morgan fingerprint density at radius 2 is 1.62 bits per heavy atom. The topological polar surface area (TPSA) is 19.0 Å². The SMILES string of the molecule is Fc1ccc(CCC2c3[nH]c4ccccc4c3CCN2Cc2ccccc2)cc1. The lowest BCUT2D eigenvalue weighted by molar-refractivity contribution is 0.164. The maximum absolute atomic E-state index is 13.3. The molecule has 1 N–H and O–H groups in total. The van der Waals surface area contributed by atoms with E-state index >= 15 is 0 Å². The van der Waals surface area contributed by atoms with Gasteiger partial charge in [0.05, 0.1) is 6.04 Å². The van der Waals surface area contributed by atoms with Crippen molar-refractivity contribution in [2.75, 3.05) is 6.54 Å². The Balaban J connectivity index is 1.47. The molecule has 2 heterocycles. The summed E-state index contributed by atoms with van der Waals surface area (Å²) in [6.07, 6.45) is 3.02. The van der Waals surface area contributed by atoms with E-state index in [1.54, 1.807) is 12.1 Å². The van der Waals surface area contributed by atoms with Crippen molar-refractivity contribution < 1.29 is 4.39 Å². The van der Waals surface area contributed by atoms with Crippen molar-refractivity contribution in [3.63, 3.8) is 0 Å². The molecule has 3 aromatic carbocycles. The van der Waals surface area contributed by atoms with Crippen molar-refractivity contribution in [1.82, 2.24) is 9.88 Å². The van der Waals surface area contributed by atoms with Crippen molar-refractivity contribution >= 4 is 10.9 Å². The molecule has 0 spiro atoms. The Morgan fingerprint density at radius 1 is 0.862 bits per heavy atom. The van der Waals surface area contributed by atoms with Gasteiger partial charge in [-0.3, -0.25) is 4.90 Å². The Hall–Kier alpha value is -2.91. The molecule has 0 saturated heterocycles. The highest BCUT2D eigenvalue weighted by Crippen LogP contribution is 2.37. The van der Waals surface area contributed by atoms with Gasteiger partial charge in [0.25, 0.3) is 0 Å². The first-order valence-electron chi connectivity index (χ1n) is 10.4. The van der Waals surface area contributed by atoms with Crippen molar-refractivity contribution in [3.05, 3.63) is 107 Å². The number of para-hydroxylation sites is 1. The van der Waals surface area contributed by atoms with Crippen LogP contribution in [0.2, 0.25) is 0 Å². The van der Waals surface area contributed by atoms with Crippen LogP contribution in [0.25, 0.3) is 10.9 Å². The summed E-state index contributed by atoms with van der Waals surface area (Å²) in [5, 5.41) is 1.36. The number of benzene rings is 3. The van der Waals surface area contributed by atoms with Gasteiger partial charge in [-0.15, -0.1) is 0 Å². The van der Waals surface area contributed by atoms with Crippen LogP contribution in [-0.4, -0.2) is 16.4 Å². The van der Waals surface area contributed by atoms with E-state index in [0.717, 1.165) is 32.4 Å². The summed E-state index contributed by atoms with van der Waals surface area (Å²) in [4.78, 5) is 6.32. The molecule has 2 nitrogen and oxygen atoms in total. The minimum absolute atomic E-state index is 0.171. The van der Waals surface area contributed by atoms with Crippen molar-refractivity contribution in [3.8, 4) is 0 Å². The van der Waals surface area contributed by atoms with Gasteiger partial charge >= 0.3 is 0 Å². The summed E-state index contributed by atoms with van der Waals surface area (Å²) in [6, 6.07) is 26.6. The first-order valence-corrected chi connectivity index (χ1v) is 10.4. The zero-order valence-electron chi connectivity index (χ0n) is 16.4. The fourth-order valence-corrected chi connectivity index (χ4v) is 4.66. The molecule has 146 valence electrons. The molecule has 1 aliphatic heterocycles. The van der Waals surface area contributed by atoms with Gasteiger partial charge in [0.1, 0.15) is 5.82 Å². The highest BCUT2D eigenvalue weighted by Gasteiger charge is 2.30. The van der Waals surface area contributed by atoms with E-state index in [1.807, 2.05) is 12.1 Å². The second-order valence-corrected chi connectivity index (χ2v) is 7.95. The van der Waals surface area contributed by atoms with Crippen LogP contribution in [0.15, 0.2) is 78.9 Å². The minimum Gasteiger partial charge on any atom is -0.357 e. The van der Waals surface area contributed by atoms with Crippen LogP contribution in [0.5, 0.6) is 0 Å². The zero-order chi connectivity index (χ0) is 19.6. The summed E-state index contributed by atoms with van der Waals surface area (Å²) >= 11 is 0. The highest BCUT2D eigenvalue weighted by molar-refractivity contribution is 5.85. The first-order chi connectivity index (χ1) is 14.3. The van der Waals surface area contributed by atoms with Gasteiger partial charge in [0.15, 0.2) is 0 Å². The third-order valence-corrected chi connectivity index (χ3v) is 6.12. The smallest absolute Gasteiger partial charge is 0.123 e. The van der Waals surface area contributed by atoms with E-state index in [9.17, 15) is 4.39 Å². The Morgan fingerprint density at radius 3 is 2.45 bits per heavy atom. The summed E-state index contributed by atoms with van der Waals surface area (Å²) in [5.41, 5.74) is 6.59. The molecular weight excluding hydrogens is 359 g/mol. The van der Waals surface area contributed by atoms with Gasteiger partial charge < -0.3 is 4.98 Å². The van der Waals surface area contributed by atoms with E-state index in [0.29, 0.717) is 6.04 Å². The lowest BCUT2D eigenvalue weighted by atomic mass is 9.92. The Bertz CT molecular complexity index is 1100. The lowest BCUT2D eigenvalue weighted by Crippen LogP contribution is -2.35. The fraction of sp³-hybridized carbons (Fsp3) is 0.231. The number of nitrogens with zero attached hydrogens (tertiary/aromatic N) is 1. The number of hydrogen-bond acceptors (Lipinski definition) is 1. The van der Waals surface area contributed by atoms with Crippen LogP contribution in [0.1, 0.15) is 34.8 Å². The van der Waals surface area contributed by atoms with Gasteiger partial charge in [0, 0.05) is 29.7 Å². The third-order valence-electron chi connectivity index (χ3n) is 6.12. The maximum Gasteiger partial charge on any atom is 0.123 e. The quantitative estimate of drug-likeness (QED) is 0.444. The summed E-state index contributed by atoms with van der Waals surface area (Å²) in [6.45, 7) is 2.00. The minimum atomic E-state index is -0.171. The van der Waals surface area contributed by atoms with Gasteiger partial charge in [0.2, 0.25) is 0 Å². The average Bonchev–Trinajstić information content (AvgIpc) is 3.14. The molecule has 0 amide bonds. The monoisotopic (exact) mass is 384 g/mol. The van der Waals surface area contributed by atoms with Crippen LogP contribution in [-0.2, 0) is 19.4 Å². The van der Waals surface area contributed by atoms with E-state index in [1.165, 1.54) is 33.3 Å². The second kappa shape index (κ2) is 7.84. The number of aryl methyl sites for hydroxylation is 1. The number of halogens is 1. The number of aromatic amines is 1. The zero-order valence-corrected chi connectivity index (χ0v) is 16.4. The van der Waals surface area contributed by atoms with Crippen molar-refractivity contribution in [2.24, 2.45) is 0 Å². The fourth-order valence-electron chi connectivity index (χ4n) is 4.66. The van der Waals surface area contributed by atoms with Crippen LogP contribution < -0.4 is 0 Å². The van der Waals surface area contributed by atoms with Crippen LogP contribution in [0, 0.1) is 5.82 Å². The predicted molar refractivity (Wildman–Crippen MR) is 116 cm³/mol. The van der Waals surface area contributed by atoms with Crippen LogP contribution in [0.3, 0.4) is 0 Å². The summed E-state index contributed by atoms with van der Waals surface area (Å²) < 4.78 is 13.3. The molecule has 1 aliphatic rings. The van der Waals surface area contributed by atoms with Gasteiger partial charge in [-0.2, -0.15) is 0 Å². The molecule has 0 saturated carbocycles. The average molecular weight is 384 g/mol. The third kappa shape index (κ3) is 3.70. The number of aromatic nitrogens is 1. The molecule has 4 aromatic rings. The number of nitrogens with one attached hydrogen (secondary N) is 1. The van der Waals surface area contributed by atoms with Crippen LogP contribution in [0.4, 0.5) is 4.39 Å². The normalized spacial score (nSPS) is 16.8. The maximum atomic E-state index is 13.3. The molecule has 1 aromatic heterocycles. The van der Waals surface area contributed by atoms with E-state index in [-0.39, 0.29) is 5.82 Å². The molecule has 0 bridgehead atoms. The molecule has 3 heteroatoms. The highest BCUT2D eigenvalue weighted by atomic mass is 19.1. The lowest BCUT2D eigenvalue weighted by Gasteiger charge is -2.36. The molecule has 1 atom stereocenters. The summed E-state index contributed by atoms with van der Waals surface area (Å²) in [7, 11) is 0. The molecule has 0 radical (unpaired) electrons. The van der Waals surface area contributed by atoms with Gasteiger partial charge in [-0.05, 0) is 54.2 Å². The standard InChI is InChI=1S/C26H25FN2/c27-21-13-10-19(11-14-21)12-15-25-26-23(22-8-4-5-9-24(22)28-26)16-17-29(25)18-20-6-2-1-3-7-20/h1-11,13-14,25,28H,12,15-18H2. The molecule has 5 rings (SSSR count). The Kier molecular flexibility index (Phi) is 4.91. The number of hydrogen-bond donors (Lipinski definition) is 1.